The van der Waals surface area contributed by atoms with Gasteiger partial charge in [-0.3, -0.25) is 14.5 Å². The van der Waals surface area contributed by atoms with E-state index in [1.807, 2.05) is 59.0 Å². The van der Waals surface area contributed by atoms with Crippen LogP contribution in [-0.2, 0) is 4.79 Å². The van der Waals surface area contributed by atoms with Crippen LogP contribution in [0.1, 0.15) is 10.8 Å². The smallest absolute Gasteiger partial charge is 0.321 e. The van der Waals surface area contributed by atoms with Crippen LogP contribution < -0.4 is 10.6 Å². The summed E-state index contributed by atoms with van der Waals surface area (Å²) < 4.78 is 3.03. The minimum absolute atomic E-state index is 0.415. The van der Waals surface area contributed by atoms with Crippen LogP contribution >= 0.6 is 23.1 Å². The third-order valence-electron chi connectivity index (χ3n) is 3.94. The van der Waals surface area contributed by atoms with Gasteiger partial charge in [0.05, 0.1) is 10.2 Å². The first-order chi connectivity index (χ1) is 13.2. The predicted molar refractivity (Wildman–Crippen MR) is 106 cm³/mol. The Morgan fingerprint density at radius 3 is 2.59 bits per heavy atom. The SMILES string of the molecule is CNC(=O)NC(=O)C(Sc1nnc2sc3ccccc3n12)c1ccccc1. The molecule has 4 aromatic rings. The number of nitrogens with one attached hydrogen (secondary N) is 2. The first-order valence-electron chi connectivity index (χ1n) is 8.14. The summed E-state index contributed by atoms with van der Waals surface area (Å²) in [5.41, 5.74) is 1.77. The summed E-state index contributed by atoms with van der Waals surface area (Å²) in [5, 5.41) is 13.2. The number of nitrogens with zero attached hydrogens (tertiary/aromatic N) is 3. The fraction of sp³-hybridized carbons (Fsp3) is 0.111. The molecule has 136 valence electrons. The number of thioether (sulfide) groups is 1. The number of hydrogen-bond acceptors (Lipinski definition) is 6. The topological polar surface area (TPSA) is 88.4 Å². The molecule has 2 aromatic heterocycles. The molecule has 0 radical (unpaired) electrons. The maximum absolute atomic E-state index is 12.7. The van der Waals surface area contributed by atoms with Crippen molar-refractivity contribution >= 4 is 50.2 Å². The molecule has 27 heavy (non-hydrogen) atoms. The highest BCUT2D eigenvalue weighted by Crippen LogP contribution is 2.37. The molecule has 0 aliphatic rings. The Labute approximate surface area is 162 Å². The van der Waals surface area contributed by atoms with E-state index in [4.69, 9.17) is 0 Å². The maximum Gasteiger partial charge on any atom is 0.321 e. The first kappa shape index (κ1) is 17.5. The molecule has 0 saturated carbocycles. The summed E-state index contributed by atoms with van der Waals surface area (Å²) in [6.45, 7) is 0. The fourth-order valence-corrected chi connectivity index (χ4v) is 4.75. The monoisotopic (exact) mass is 397 g/mol. The van der Waals surface area contributed by atoms with Crippen LogP contribution in [0.15, 0.2) is 59.8 Å². The molecule has 7 nitrogen and oxygen atoms in total. The Morgan fingerprint density at radius 2 is 1.81 bits per heavy atom. The van der Waals surface area contributed by atoms with E-state index in [-0.39, 0.29) is 0 Å². The molecule has 2 heterocycles. The quantitative estimate of drug-likeness (QED) is 0.516. The van der Waals surface area contributed by atoms with Crippen LogP contribution in [0.4, 0.5) is 4.79 Å². The number of hydrogen-bond donors (Lipinski definition) is 2. The van der Waals surface area contributed by atoms with Crippen LogP contribution in [0.3, 0.4) is 0 Å². The number of carbonyl (C=O) groups excluding carboxylic acids is 2. The van der Waals surface area contributed by atoms with Crippen molar-refractivity contribution in [1.82, 2.24) is 25.2 Å². The molecule has 0 aliphatic carbocycles. The number of fused-ring (bicyclic) bond motifs is 3. The third kappa shape index (κ3) is 3.38. The molecular weight excluding hydrogens is 382 g/mol. The molecule has 4 rings (SSSR count). The van der Waals surface area contributed by atoms with Gasteiger partial charge in [0.15, 0.2) is 5.16 Å². The highest BCUT2D eigenvalue weighted by atomic mass is 32.2. The van der Waals surface area contributed by atoms with Gasteiger partial charge >= 0.3 is 6.03 Å². The highest BCUT2D eigenvalue weighted by Gasteiger charge is 2.26. The van der Waals surface area contributed by atoms with Crippen molar-refractivity contribution in [2.45, 2.75) is 10.4 Å². The Bertz CT molecular complexity index is 1120. The van der Waals surface area contributed by atoms with Gasteiger partial charge in [0.1, 0.15) is 5.25 Å². The van der Waals surface area contributed by atoms with Gasteiger partial charge in [0, 0.05) is 7.05 Å². The number of urea groups is 1. The van der Waals surface area contributed by atoms with Crippen LogP contribution in [0.25, 0.3) is 15.2 Å². The van der Waals surface area contributed by atoms with Gasteiger partial charge in [0.25, 0.3) is 0 Å². The molecule has 0 aliphatic heterocycles. The summed E-state index contributed by atoms with van der Waals surface area (Å²) in [7, 11) is 1.47. The predicted octanol–water partition coefficient (Wildman–Crippen LogP) is 3.23. The van der Waals surface area contributed by atoms with Crippen molar-refractivity contribution in [3.63, 3.8) is 0 Å². The van der Waals surface area contributed by atoms with Gasteiger partial charge in [-0.1, -0.05) is 65.6 Å². The largest absolute Gasteiger partial charge is 0.341 e. The van der Waals surface area contributed by atoms with Gasteiger partial charge in [-0.15, -0.1) is 10.2 Å². The van der Waals surface area contributed by atoms with Crippen molar-refractivity contribution in [3.8, 4) is 0 Å². The number of amides is 3. The number of carbonyl (C=O) groups is 2. The number of aromatic nitrogens is 3. The Balaban J connectivity index is 1.74. The molecule has 2 aromatic carbocycles. The summed E-state index contributed by atoms with van der Waals surface area (Å²) in [4.78, 5) is 25.1. The zero-order valence-corrected chi connectivity index (χ0v) is 15.9. The normalized spacial score (nSPS) is 12.2. The van der Waals surface area contributed by atoms with Gasteiger partial charge in [0.2, 0.25) is 10.9 Å². The van der Waals surface area contributed by atoms with E-state index in [1.54, 1.807) is 0 Å². The zero-order chi connectivity index (χ0) is 18.8. The first-order valence-corrected chi connectivity index (χ1v) is 9.84. The van der Waals surface area contributed by atoms with E-state index in [9.17, 15) is 9.59 Å². The second kappa shape index (κ2) is 7.37. The van der Waals surface area contributed by atoms with Gasteiger partial charge in [-0.25, -0.2) is 4.79 Å². The molecule has 2 N–H and O–H groups in total. The molecule has 0 saturated heterocycles. The lowest BCUT2D eigenvalue weighted by Crippen LogP contribution is -2.39. The Morgan fingerprint density at radius 1 is 1.07 bits per heavy atom. The van der Waals surface area contributed by atoms with Gasteiger partial charge in [-0.05, 0) is 17.7 Å². The summed E-state index contributed by atoms with van der Waals surface area (Å²) in [6, 6.07) is 16.7. The van der Waals surface area contributed by atoms with Crippen molar-refractivity contribution < 1.29 is 9.59 Å². The van der Waals surface area contributed by atoms with E-state index in [0.717, 1.165) is 20.7 Å². The summed E-state index contributed by atoms with van der Waals surface area (Å²) in [5.74, 6) is -0.415. The second-order valence-corrected chi connectivity index (χ2v) is 7.73. The molecule has 3 amide bonds. The fourth-order valence-electron chi connectivity index (χ4n) is 2.68. The molecule has 1 atom stereocenters. The van der Waals surface area contributed by atoms with E-state index in [2.05, 4.69) is 20.8 Å². The lowest BCUT2D eigenvalue weighted by atomic mass is 10.1. The summed E-state index contributed by atoms with van der Waals surface area (Å²) in [6.07, 6.45) is 0. The lowest BCUT2D eigenvalue weighted by molar-refractivity contribution is -0.119. The average Bonchev–Trinajstić information content (AvgIpc) is 3.26. The van der Waals surface area contributed by atoms with Crippen molar-refractivity contribution in [2.75, 3.05) is 7.05 Å². The van der Waals surface area contributed by atoms with E-state index < -0.39 is 17.2 Å². The highest BCUT2D eigenvalue weighted by molar-refractivity contribution is 8.00. The van der Waals surface area contributed by atoms with Crippen LogP contribution in [0.5, 0.6) is 0 Å². The molecule has 0 spiro atoms. The van der Waals surface area contributed by atoms with Crippen LogP contribution in [0, 0.1) is 0 Å². The van der Waals surface area contributed by atoms with Crippen molar-refractivity contribution in [2.24, 2.45) is 0 Å². The lowest BCUT2D eigenvalue weighted by Gasteiger charge is -2.15. The standard InChI is InChI=1S/C18H15N5O2S2/c1-19-16(25)20-15(24)14(11-7-3-2-4-8-11)27-18-22-21-17-23(18)12-9-5-6-10-13(12)26-17/h2-10,14H,1H3,(H2,19,20,24,25). The average molecular weight is 397 g/mol. The van der Waals surface area contributed by atoms with Crippen LogP contribution in [0.2, 0.25) is 0 Å². The van der Waals surface area contributed by atoms with E-state index in [0.29, 0.717) is 5.16 Å². The van der Waals surface area contributed by atoms with E-state index in [1.165, 1.54) is 30.1 Å². The van der Waals surface area contributed by atoms with Crippen molar-refractivity contribution in [1.29, 1.82) is 0 Å². The maximum atomic E-state index is 12.7. The second-order valence-electron chi connectivity index (χ2n) is 5.65. The number of para-hydroxylation sites is 1. The molecule has 0 bridgehead atoms. The molecule has 0 fully saturated rings. The zero-order valence-electron chi connectivity index (χ0n) is 14.2. The number of imide groups is 1. The minimum atomic E-state index is -0.644. The Hall–Kier alpha value is -2.91. The van der Waals surface area contributed by atoms with Crippen LogP contribution in [-0.4, -0.2) is 33.6 Å². The Kier molecular flexibility index (Phi) is 4.78. The number of rotatable bonds is 4. The molecule has 1 unspecified atom stereocenters. The third-order valence-corrected chi connectivity index (χ3v) is 6.15. The van der Waals surface area contributed by atoms with E-state index >= 15 is 0 Å². The number of benzene rings is 2. The minimum Gasteiger partial charge on any atom is -0.341 e. The molecule has 9 heteroatoms. The van der Waals surface area contributed by atoms with Crippen molar-refractivity contribution in [3.05, 3.63) is 60.2 Å². The molecular formula is C18H15N5O2S2. The van der Waals surface area contributed by atoms with Gasteiger partial charge < -0.3 is 5.32 Å². The van der Waals surface area contributed by atoms with Gasteiger partial charge in [-0.2, -0.15) is 0 Å². The number of thiazole rings is 1. The summed E-state index contributed by atoms with van der Waals surface area (Å²) >= 11 is 2.80.